The highest BCUT2D eigenvalue weighted by atomic mass is 16.5. The predicted octanol–water partition coefficient (Wildman–Crippen LogP) is 2.62. The number of nitrogens with one attached hydrogen (secondary N) is 2. The van der Waals surface area contributed by atoms with Crippen molar-refractivity contribution >= 4 is 11.6 Å². The van der Waals surface area contributed by atoms with Crippen LogP contribution < -0.4 is 15.4 Å². The zero-order chi connectivity index (χ0) is 15.8. The lowest BCUT2D eigenvalue weighted by molar-refractivity contribution is 0.0953. The van der Waals surface area contributed by atoms with E-state index in [1.165, 1.54) is 0 Å². The average Bonchev–Trinajstić information content (AvgIpc) is 2.58. The normalized spacial score (nSPS) is 9.86. The SMILES string of the molecule is C=CCNC(=O)c1cc(NCc2ccccc2OC)ccn1. The minimum atomic E-state index is -0.221. The number of anilines is 1. The number of para-hydroxylation sites is 1. The number of carbonyl (C=O) groups excluding carboxylic acids is 1. The molecule has 0 radical (unpaired) electrons. The van der Waals surface area contributed by atoms with Crippen LogP contribution in [0.3, 0.4) is 0 Å². The molecule has 0 aliphatic rings. The van der Waals surface area contributed by atoms with Crippen LogP contribution in [0.5, 0.6) is 5.75 Å². The van der Waals surface area contributed by atoms with Crippen molar-refractivity contribution in [2.75, 3.05) is 19.0 Å². The number of nitrogens with zero attached hydrogens (tertiary/aromatic N) is 1. The van der Waals surface area contributed by atoms with Crippen LogP contribution in [0.1, 0.15) is 16.1 Å². The molecule has 2 N–H and O–H groups in total. The topological polar surface area (TPSA) is 63.2 Å². The van der Waals surface area contributed by atoms with Gasteiger partial charge < -0.3 is 15.4 Å². The molecule has 0 saturated heterocycles. The number of rotatable bonds is 7. The van der Waals surface area contributed by atoms with Gasteiger partial charge in [-0.25, -0.2) is 0 Å². The van der Waals surface area contributed by atoms with Gasteiger partial charge in [0, 0.05) is 30.5 Å². The second kappa shape index (κ2) is 7.83. The van der Waals surface area contributed by atoms with Gasteiger partial charge in [-0.15, -0.1) is 6.58 Å². The molecule has 1 amide bonds. The fourth-order valence-electron chi connectivity index (χ4n) is 1.97. The highest BCUT2D eigenvalue weighted by molar-refractivity contribution is 5.93. The van der Waals surface area contributed by atoms with Crippen molar-refractivity contribution in [2.24, 2.45) is 0 Å². The molecule has 0 atom stereocenters. The maximum Gasteiger partial charge on any atom is 0.270 e. The van der Waals surface area contributed by atoms with Crippen molar-refractivity contribution in [1.29, 1.82) is 0 Å². The summed E-state index contributed by atoms with van der Waals surface area (Å²) in [6, 6.07) is 11.3. The summed E-state index contributed by atoms with van der Waals surface area (Å²) < 4.78 is 5.31. The van der Waals surface area contributed by atoms with Crippen LogP contribution in [0, 0.1) is 0 Å². The molecule has 0 aliphatic heterocycles. The first kappa shape index (κ1) is 15.6. The summed E-state index contributed by atoms with van der Waals surface area (Å²) in [5.41, 5.74) is 2.23. The average molecular weight is 297 g/mol. The summed E-state index contributed by atoms with van der Waals surface area (Å²) in [5.74, 6) is 0.605. The molecule has 1 heterocycles. The number of ether oxygens (including phenoxy) is 1. The van der Waals surface area contributed by atoms with Crippen LogP contribution in [-0.4, -0.2) is 24.5 Å². The molecule has 0 saturated carbocycles. The van der Waals surface area contributed by atoms with Crippen LogP contribution >= 0.6 is 0 Å². The van der Waals surface area contributed by atoms with E-state index in [1.807, 2.05) is 30.3 Å². The zero-order valence-electron chi connectivity index (χ0n) is 12.5. The molecule has 0 spiro atoms. The first-order valence-corrected chi connectivity index (χ1v) is 6.95. The standard InChI is InChI=1S/C17H19N3O2/c1-3-9-19-17(21)15-11-14(8-10-18-15)20-12-13-6-4-5-7-16(13)22-2/h3-8,10-11H,1,9,12H2,2H3,(H,18,20)(H,19,21). The summed E-state index contributed by atoms with van der Waals surface area (Å²) in [6.07, 6.45) is 3.23. The maximum atomic E-state index is 11.9. The molecule has 5 nitrogen and oxygen atoms in total. The number of benzene rings is 1. The van der Waals surface area contributed by atoms with E-state index in [4.69, 9.17) is 4.74 Å². The number of hydrogen-bond acceptors (Lipinski definition) is 4. The molecule has 114 valence electrons. The minimum Gasteiger partial charge on any atom is -0.496 e. The highest BCUT2D eigenvalue weighted by Gasteiger charge is 2.07. The molecule has 5 heteroatoms. The first-order valence-electron chi connectivity index (χ1n) is 6.95. The van der Waals surface area contributed by atoms with Gasteiger partial charge in [-0.2, -0.15) is 0 Å². The van der Waals surface area contributed by atoms with Gasteiger partial charge >= 0.3 is 0 Å². The van der Waals surface area contributed by atoms with Crippen molar-refractivity contribution in [3.05, 3.63) is 66.5 Å². The Bertz CT molecular complexity index is 656. The van der Waals surface area contributed by atoms with Gasteiger partial charge in [-0.3, -0.25) is 9.78 Å². The second-order valence-corrected chi connectivity index (χ2v) is 4.59. The quantitative estimate of drug-likeness (QED) is 0.771. The van der Waals surface area contributed by atoms with Crippen LogP contribution in [0.25, 0.3) is 0 Å². The van der Waals surface area contributed by atoms with Crippen molar-refractivity contribution in [1.82, 2.24) is 10.3 Å². The fraction of sp³-hybridized carbons (Fsp3) is 0.176. The van der Waals surface area contributed by atoms with Gasteiger partial charge in [0.15, 0.2) is 0 Å². The van der Waals surface area contributed by atoms with E-state index in [-0.39, 0.29) is 5.91 Å². The van der Waals surface area contributed by atoms with E-state index < -0.39 is 0 Å². The Labute approximate surface area is 130 Å². The van der Waals surface area contributed by atoms with Gasteiger partial charge in [0.2, 0.25) is 0 Å². The second-order valence-electron chi connectivity index (χ2n) is 4.59. The molecule has 0 fully saturated rings. The Hall–Kier alpha value is -2.82. The molecule has 1 aromatic heterocycles. The van der Waals surface area contributed by atoms with Crippen LogP contribution in [-0.2, 0) is 6.54 Å². The lowest BCUT2D eigenvalue weighted by atomic mass is 10.2. The number of methoxy groups -OCH3 is 1. The molecular weight excluding hydrogens is 278 g/mol. The molecule has 0 unspecified atom stereocenters. The van der Waals surface area contributed by atoms with Gasteiger partial charge in [0.05, 0.1) is 7.11 Å². The summed E-state index contributed by atoms with van der Waals surface area (Å²) in [5, 5.41) is 5.97. The number of amides is 1. The number of carbonyl (C=O) groups is 1. The Kier molecular flexibility index (Phi) is 5.54. The van der Waals surface area contributed by atoms with E-state index in [0.717, 1.165) is 17.0 Å². The fourth-order valence-corrected chi connectivity index (χ4v) is 1.97. The highest BCUT2D eigenvalue weighted by Crippen LogP contribution is 2.19. The third kappa shape index (κ3) is 4.09. The lowest BCUT2D eigenvalue weighted by Gasteiger charge is -2.11. The maximum absolute atomic E-state index is 11.9. The Morgan fingerprint density at radius 3 is 2.95 bits per heavy atom. The number of hydrogen-bond donors (Lipinski definition) is 2. The molecule has 0 bridgehead atoms. The van der Waals surface area contributed by atoms with E-state index in [9.17, 15) is 4.79 Å². The molecule has 0 aliphatic carbocycles. The zero-order valence-corrected chi connectivity index (χ0v) is 12.5. The third-order valence-electron chi connectivity index (χ3n) is 3.08. The van der Waals surface area contributed by atoms with Gasteiger partial charge in [-0.1, -0.05) is 24.3 Å². The van der Waals surface area contributed by atoms with Crippen LogP contribution in [0.2, 0.25) is 0 Å². The molecular formula is C17H19N3O2. The number of pyridine rings is 1. The van der Waals surface area contributed by atoms with Crippen molar-refractivity contribution in [3.63, 3.8) is 0 Å². The van der Waals surface area contributed by atoms with Crippen molar-refractivity contribution in [3.8, 4) is 5.75 Å². The summed E-state index contributed by atoms with van der Waals surface area (Å²) in [6.45, 7) is 4.58. The molecule has 22 heavy (non-hydrogen) atoms. The largest absolute Gasteiger partial charge is 0.496 e. The van der Waals surface area contributed by atoms with E-state index >= 15 is 0 Å². The van der Waals surface area contributed by atoms with Crippen LogP contribution in [0.15, 0.2) is 55.3 Å². The molecule has 2 rings (SSSR count). The van der Waals surface area contributed by atoms with E-state index in [1.54, 1.807) is 25.4 Å². The van der Waals surface area contributed by atoms with Crippen molar-refractivity contribution in [2.45, 2.75) is 6.54 Å². The van der Waals surface area contributed by atoms with Crippen LogP contribution in [0.4, 0.5) is 5.69 Å². The lowest BCUT2D eigenvalue weighted by Crippen LogP contribution is -2.24. The number of aromatic nitrogens is 1. The van der Waals surface area contributed by atoms with Gasteiger partial charge in [-0.05, 0) is 18.2 Å². The Balaban J connectivity index is 2.04. The van der Waals surface area contributed by atoms with E-state index in [2.05, 4.69) is 22.2 Å². The van der Waals surface area contributed by atoms with Gasteiger partial charge in [0.1, 0.15) is 11.4 Å². The minimum absolute atomic E-state index is 0.221. The van der Waals surface area contributed by atoms with Gasteiger partial charge in [0.25, 0.3) is 5.91 Å². The third-order valence-corrected chi connectivity index (χ3v) is 3.08. The monoisotopic (exact) mass is 297 g/mol. The Morgan fingerprint density at radius 2 is 2.18 bits per heavy atom. The predicted molar refractivity (Wildman–Crippen MR) is 87.1 cm³/mol. The van der Waals surface area contributed by atoms with Crippen molar-refractivity contribution < 1.29 is 9.53 Å². The smallest absolute Gasteiger partial charge is 0.270 e. The first-order chi connectivity index (χ1) is 10.7. The molecule has 1 aromatic carbocycles. The summed E-state index contributed by atoms with van der Waals surface area (Å²) in [4.78, 5) is 15.9. The summed E-state index contributed by atoms with van der Waals surface area (Å²) in [7, 11) is 1.65. The van der Waals surface area contributed by atoms with E-state index in [0.29, 0.717) is 18.8 Å². The Morgan fingerprint density at radius 1 is 1.36 bits per heavy atom. The molecule has 2 aromatic rings. The summed E-state index contributed by atoms with van der Waals surface area (Å²) >= 11 is 0.